The summed E-state index contributed by atoms with van der Waals surface area (Å²) >= 11 is 0. The summed E-state index contributed by atoms with van der Waals surface area (Å²) in [7, 11) is 0.880. The van der Waals surface area contributed by atoms with Crippen LogP contribution in [-0.4, -0.2) is 26.2 Å². The molecule has 4 rings (SSSR count). The standard InChI is InChI=1S/C35H41O3P/c1-26(38-30-21-19-29(20-22-30)33(39-5)25-35(2,3)4)36-23-24-37-34-31(27-13-8-6-9-14-27)17-12-18-32(34)28-15-10-7-11-16-28/h6-22,26,33,39H,23-25H2,1-5H3. The quantitative estimate of drug-likeness (QED) is 0.102. The highest BCUT2D eigenvalue weighted by molar-refractivity contribution is 7.37. The minimum absolute atomic E-state index is 0.316. The predicted octanol–water partition coefficient (Wildman–Crippen LogP) is 9.63. The van der Waals surface area contributed by atoms with Crippen LogP contribution < -0.4 is 9.47 Å². The van der Waals surface area contributed by atoms with Gasteiger partial charge in [0.2, 0.25) is 0 Å². The molecule has 0 aliphatic rings. The number of rotatable bonds is 12. The zero-order valence-corrected chi connectivity index (χ0v) is 24.8. The Labute approximate surface area is 236 Å². The van der Waals surface area contributed by atoms with Gasteiger partial charge in [-0.15, -0.1) is 8.58 Å². The lowest BCUT2D eigenvalue weighted by Gasteiger charge is -2.25. The van der Waals surface area contributed by atoms with Crippen molar-refractivity contribution in [3.8, 4) is 33.8 Å². The van der Waals surface area contributed by atoms with E-state index in [2.05, 4.69) is 118 Å². The normalized spacial score (nSPS) is 13.4. The third-order valence-corrected chi connectivity index (χ3v) is 7.85. The van der Waals surface area contributed by atoms with Crippen molar-refractivity contribution in [3.63, 3.8) is 0 Å². The first kappa shape index (κ1) is 28.9. The third kappa shape index (κ3) is 8.43. The summed E-state index contributed by atoms with van der Waals surface area (Å²) in [6, 6.07) is 35.5. The number of hydrogen-bond acceptors (Lipinski definition) is 3. The van der Waals surface area contributed by atoms with Crippen molar-refractivity contribution in [1.82, 2.24) is 0 Å². The van der Waals surface area contributed by atoms with Crippen LogP contribution in [0.5, 0.6) is 11.5 Å². The Hall–Kier alpha value is -3.13. The fourth-order valence-electron chi connectivity index (χ4n) is 4.74. The monoisotopic (exact) mass is 540 g/mol. The fourth-order valence-corrected chi connectivity index (χ4v) is 6.09. The lowest BCUT2D eigenvalue weighted by Crippen LogP contribution is -2.20. The summed E-state index contributed by atoms with van der Waals surface area (Å²) in [4.78, 5) is 0. The van der Waals surface area contributed by atoms with Crippen molar-refractivity contribution in [3.05, 3.63) is 109 Å². The molecule has 0 saturated heterocycles. The topological polar surface area (TPSA) is 27.7 Å². The van der Waals surface area contributed by atoms with Crippen LogP contribution in [-0.2, 0) is 4.74 Å². The van der Waals surface area contributed by atoms with Crippen LogP contribution >= 0.6 is 8.58 Å². The Bertz CT molecular complexity index is 1220. The molecule has 0 amide bonds. The van der Waals surface area contributed by atoms with E-state index < -0.39 is 0 Å². The minimum Gasteiger partial charge on any atom is -0.490 e. The van der Waals surface area contributed by atoms with Crippen LogP contribution in [0.2, 0.25) is 0 Å². The second-order valence-electron chi connectivity index (χ2n) is 11.0. The smallest absolute Gasteiger partial charge is 0.197 e. The molecule has 0 heterocycles. The zero-order chi connectivity index (χ0) is 27.7. The van der Waals surface area contributed by atoms with E-state index in [-0.39, 0.29) is 6.29 Å². The number of para-hydroxylation sites is 1. The predicted molar refractivity (Wildman–Crippen MR) is 166 cm³/mol. The summed E-state index contributed by atoms with van der Waals surface area (Å²) in [5.74, 6) is 1.69. The summed E-state index contributed by atoms with van der Waals surface area (Å²) < 4.78 is 18.4. The van der Waals surface area contributed by atoms with Crippen LogP contribution in [0.3, 0.4) is 0 Å². The molecule has 0 spiro atoms. The Morgan fingerprint density at radius 3 is 1.77 bits per heavy atom. The second-order valence-corrected chi connectivity index (χ2v) is 12.3. The molecule has 0 N–H and O–H groups in total. The molecule has 39 heavy (non-hydrogen) atoms. The van der Waals surface area contributed by atoms with E-state index in [0.717, 1.165) is 42.3 Å². The highest BCUT2D eigenvalue weighted by Gasteiger charge is 2.19. The van der Waals surface area contributed by atoms with Crippen molar-refractivity contribution in [2.24, 2.45) is 5.41 Å². The molecule has 3 atom stereocenters. The van der Waals surface area contributed by atoms with Gasteiger partial charge in [-0.3, -0.25) is 0 Å². The molecule has 3 nitrogen and oxygen atoms in total. The highest BCUT2D eigenvalue weighted by atomic mass is 31.1. The lowest BCUT2D eigenvalue weighted by molar-refractivity contribution is -0.0738. The van der Waals surface area contributed by atoms with Gasteiger partial charge in [-0.1, -0.05) is 112 Å². The maximum atomic E-state index is 6.39. The van der Waals surface area contributed by atoms with Crippen molar-refractivity contribution in [1.29, 1.82) is 0 Å². The Balaban J connectivity index is 1.37. The van der Waals surface area contributed by atoms with Gasteiger partial charge in [0.15, 0.2) is 6.29 Å². The van der Waals surface area contributed by atoms with Gasteiger partial charge in [-0.05, 0) is 54.2 Å². The summed E-state index contributed by atoms with van der Waals surface area (Å²) in [5, 5.41) is 0. The zero-order valence-electron chi connectivity index (χ0n) is 23.8. The van der Waals surface area contributed by atoms with E-state index in [9.17, 15) is 0 Å². The Kier molecular flexibility index (Phi) is 10.2. The van der Waals surface area contributed by atoms with Gasteiger partial charge in [-0.2, -0.15) is 0 Å². The van der Waals surface area contributed by atoms with Crippen LogP contribution in [0.1, 0.15) is 45.3 Å². The summed E-state index contributed by atoms with van der Waals surface area (Å²) in [6.45, 7) is 12.0. The maximum absolute atomic E-state index is 6.39. The first-order valence-corrected chi connectivity index (χ1v) is 15.3. The third-order valence-electron chi connectivity index (χ3n) is 6.62. The molecular weight excluding hydrogens is 499 g/mol. The maximum Gasteiger partial charge on any atom is 0.197 e. The lowest BCUT2D eigenvalue weighted by atomic mass is 9.88. The molecule has 3 unspecified atom stereocenters. The number of hydrogen-bond donors (Lipinski definition) is 0. The molecule has 0 aliphatic heterocycles. The van der Waals surface area contributed by atoms with E-state index >= 15 is 0 Å². The average Bonchev–Trinajstić information content (AvgIpc) is 2.95. The fraction of sp³-hybridized carbons (Fsp3) is 0.314. The summed E-state index contributed by atoms with van der Waals surface area (Å²) in [5.41, 5.74) is 6.67. The SMILES string of the molecule is CPC(CC(C)(C)C)c1ccc(OC(C)OCCOc2c(-c3ccccc3)cccc2-c2ccccc2)cc1. The van der Waals surface area contributed by atoms with Crippen LogP contribution in [0.25, 0.3) is 22.3 Å². The van der Waals surface area contributed by atoms with Crippen LogP contribution in [0, 0.1) is 5.41 Å². The molecule has 4 aromatic rings. The molecular formula is C35H41O3P. The van der Waals surface area contributed by atoms with E-state index in [1.807, 2.05) is 19.1 Å². The molecule has 0 aliphatic carbocycles. The van der Waals surface area contributed by atoms with E-state index in [4.69, 9.17) is 14.2 Å². The molecule has 4 heteroatoms. The van der Waals surface area contributed by atoms with E-state index in [0.29, 0.717) is 24.3 Å². The van der Waals surface area contributed by atoms with Gasteiger partial charge < -0.3 is 14.2 Å². The molecule has 0 bridgehead atoms. The molecule has 4 aromatic carbocycles. The van der Waals surface area contributed by atoms with Crippen molar-refractivity contribution < 1.29 is 14.2 Å². The van der Waals surface area contributed by atoms with Gasteiger partial charge in [0.25, 0.3) is 0 Å². The molecule has 204 valence electrons. The van der Waals surface area contributed by atoms with E-state index in [1.54, 1.807) is 0 Å². The number of ether oxygens (including phenoxy) is 3. The summed E-state index contributed by atoms with van der Waals surface area (Å²) in [6.07, 6.45) is 0.803. The van der Waals surface area contributed by atoms with Crippen LogP contribution in [0.15, 0.2) is 103 Å². The van der Waals surface area contributed by atoms with Gasteiger partial charge >= 0.3 is 0 Å². The van der Waals surface area contributed by atoms with Gasteiger partial charge in [0, 0.05) is 16.8 Å². The molecule has 0 saturated carbocycles. The minimum atomic E-state index is -0.379. The first-order valence-electron chi connectivity index (χ1n) is 13.8. The first-order chi connectivity index (χ1) is 18.8. The Morgan fingerprint density at radius 1 is 0.692 bits per heavy atom. The average molecular weight is 541 g/mol. The van der Waals surface area contributed by atoms with Crippen LogP contribution in [0.4, 0.5) is 0 Å². The van der Waals surface area contributed by atoms with Crippen molar-refractivity contribution >= 4 is 8.58 Å². The van der Waals surface area contributed by atoms with Crippen molar-refractivity contribution in [2.45, 2.75) is 46.1 Å². The Morgan fingerprint density at radius 2 is 1.26 bits per heavy atom. The molecule has 0 fully saturated rings. The van der Waals surface area contributed by atoms with Gasteiger partial charge in [0.05, 0.1) is 6.61 Å². The van der Waals surface area contributed by atoms with Gasteiger partial charge in [-0.25, -0.2) is 0 Å². The molecule has 0 aromatic heterocycles. The largest absolute Gasteiger partial charge is 0.490 e. The molecule has 0 radical (unpaired) electrons. The van der Waals surface area contributed by atoms with E-state index in [1.165, 1.54) is 12.0 Å². The second kappa shape index (κ2) is 13.8. The number of benzene rings is 4. The highest BCUT2D eigenvalue weighted by Crippen LogP contribution is 2.42. The van der Waals surface area contributed by atoms with Gasteiger partial charge in [0.1, 0.15) is 18.1 Å². The van der Waals surface area contributed by atoms with Crippen molar-refractivity contribution in [2.75, 3.05) is 19.9 Å².